The molecule has 5 rings (SSSR count). The molecular formula is C35H40F3N5O5S. The summed E-state index contributed by atoms with van der Waals surface area (Å²) >= 11 is 0. The van der Waals surface area contributed by atoms with Crippen molar-refractivity contribution < 1.29 is 35.8 Å². The van der Waals surface area contributed by atoms with Gasteiger partial charge >= 0.3 is 6.18 Å². The Balaban J connectivity index is 1.41. The topological polar surface area (TPSA) is 107 Å². The molecular weight excluding hydrogens is 659 g/mol. The molecule has 14 heteroatoms. The lowest BCUT2D eigenvalue weighted by Gasteiger charge is -2.39. The molecule has 2 aromatic carbocycles. The average molecular weight is 700 g/mol. The summed E-state index contributed by atoms with van der Waals surface area (Å²) in [7, 11) is 2.64. The number of likely N-dealkylation sites (N-methyl/N-ethyl adjacent to an activating group) is 1. The predicted molar refractivity (Wildman–Crippen MR) is 178 cm³/mol. The van der Waals surface area contributed by atoms with Gasteiger partial charge in [0, 0.05) is 36.0 Å². The summed E-state index contributed by atoms with van der Waals surface area (Å²) in [5.74, 6) is 1.38. The molecule has 1 saturated carbocycles. The highest BCUT2D eigenvalue weighted by Gasteiger charge is 2.37. The number of nitrogens with zero attached hydrogens (tertiary/aromatic N) is 5. The fourth-order valence-electron chi connectivity index (χ4n) is 6.23. The number of aryl methyl sites for hydroxylation is 1. The van der Waals surface area contributed by atoms with E-state index in [0.29, 0.717) is 54.0 Å². The number of anilines is 1. The number of ether oxygens (including phenoxy) is 3. The number of sulfonamides is 1. The van der Waals surface area contributed by atoms with E-state index in [2.05, 4.69) is 15.0 Å². The maximum atomic E-state index is 14.4. The molecule has 0 unspecified atom stereocenters. The first-order valence-electron chi connectivity index (χ1n) is 15.9. The third-order valence-electron chi connectivity index (χ3n) is 8.82. The van der Waals surface area contributed by atoms with Gasteiger partial charge in [-0.15, -0.1) is 0 Å². The minimum atomic E-state index is -4.41. The molecule has 0 radical (unpaired) electrons. The van der Waals surface area contributed by atoms with E-state index in [-0.39, 0.29) is 41.2 Å². The van der Waals surface area contributed by atoms with E-state index in [1.807, 2.05) is 25.9 Å². The van der Waals surface area contributed by atoms with Crippen LogP contribution < -0.4 is 18.5 Å². The monoisotopic (exact) mass is 699 g/mol. The quantitative estimate of drug-likeness (QED) is 0.164. The Morgan fingerprint density at radius 2 is 1.78 bits per heavy atom. The lowest BCUT2D eigenvalue weighted by atomic mass is 9.79. The van der Waals surface area contributed by atoms with Crippen molar-refractivity contribution >= 4 is 15.8 Å². The van der Waals surface area contributed by atoms with Crippen LogP contribution in [0.15, 0.2) is 78.1 Å². The predicted octanol–water partition coefficient (Wildman–Crippen LogP) is 6.51. The number of hydrogen-bond donors (Lipinski definition) is 0. The highest BCUT2D eigenvalue weighted by molar-refractivity contribution is 7.92. The molecule has 0 amide bonds. The van der Waals surface area contributed by atoms with Crippen molar-refractivity contribution in [1.29, 1.82) is 0 Å². The number of methoxy groups -OCH3 is 2. The van der Waals surface area contributed by atoms with E-state index in [1.165, 1.54) is 55.3 Å². The summed E-state index contributed by atoms with van der Waals surface area (Å²) < 4.78 is 87.4. The van der Waals surface area contributed by atoms with Crippen LogP contribution in [0.4, 0.5) is 19.0 Å². The third kappa shape index (κ3) is 8.07. The van der Waals surface area contributed by atoms with Gasteiger partial charge in [0.05, 0.1) is 32.0 Å². The normalized spacial score (nSPS) is 18.3. The SMILES string of the molecule is CCc1nc(O[C@H]2CC[C@H](c3cccc(C(F)(F)F)c3)C[C@@H]2N(C)C)ccc1S(=O)(=O)N(Cc1ccc(OC)cc1OC)c1ccncn1. The molecule has 262 valence electrons. The maximum absolute atomic E-state index is 14.4. The average Bonchev–Trinajstić information content (AvgIpc) is 3.10. The Hall–Kier alpha value is -4.43. The van der Waals surface area contributed by atoms with E-state index >= 15 is 0 Å². The van der Waals surface area contributed by atoms with Crippen molar-refractivity contribution in [3.8, 4) is 17.4 Å². The Morgan fingerprint density at radius 1 is 0.980 bits per heavy atom. The number of hydrogen-bond acceptors (Lipinski definition) is 9. The van der Waals surface area contributed by atoms with Gasteiger partial charge in [0.1, 0.15) is 34.6 Å². The fourth-order valence-corrected chi connectivity index (χ4v) is 7.85. The van der Waals surface area contributed by atoms with Crippen molar-refractivity contribution in [3.05, 3.63) is 95.6 Å². The molecule has 1 fully saturated rings. The minimum absolute atomic E-state index is 0.00542. The number of benzene rings is 2. The van der Waals surface area contributed by atoms with Crippen LogP contribution in [-0.2, 0) is 29.2 Å². The summed E-state index contributed by atoms with van der Waals surface area (Å²) in [6.45, 7) is 1.73. The second kappa shape index (κ2) is 15.0. The Morgan fingerprint density at radius 3 is 2.43 bits per heavy atom. The van der Waals surface area contributed by atoms with Crippen molar-refractivity contribution in [1.82, 2.24) is 19.9 Å². The van der Waals surface area contributed by atoms with Gasteiger partial charge in [-0.3, -0.25) is 0 Å². The summed E-state index contributed by atoms with van der Waals surface area (Å²) in [5, 5.41) is 0. The van der Waals surface area contributed by atoms with E-state index in [1.54, 1.807) is 30.3 Å². The molecule has 49 heavy (non-hydrogen) atoms. The fraction of sp³-hybridized carbons (Fsp3) is 0.400. The number of alkyl halides is 3. The van der Waals surface area contributed by atoms with E-state index in [4.69, 9.17) is 14.2 Å². The lowest BCUT2D eigenvalue weighted by molar-refractivity contribution is -0.137. The number of rotatable bonds is 12. The van der Waals surface area contributed by atoms with Gasteiger partial charge in [0.15, 0.2) is 0 Å². The Labute approximate surface area is 284 Å². The second-order valence-electron chi connectivity index (χ2n) is 12.0. The zero-order valence-electron chi connectivity index (χ0n) is 28.0. The molecule has 0 aliphatic heterocycles. The van der Waals surface area contributed by atoms with Gasteiger partial charge in [0.2, 0.25) is 5.88 Å². The summed E-state index contributed by atoms with van der Waals surface area (Å²) in [4.78, 5) is 14.9. The summed E-state index contributed by atoms with van der Waals surface area (Å²) in [5.41, 5.74) is 0.906. The van der Waals surface area contributed by atoms with Gasteiger partial charge < -0.3 is 19.1 Å². The van der Waals surface area contributed by atoms with Crippen LogP contribution in [0.3, 0.4) is 0 Å². The summed E-state index contributed by atoms with van der Waals surface area (Å²) in [6.07, 6.45) is 0.134. The second-order valence-corrected chi connectivity index (χ2v) is 13.9. The minimum Gasteiger partial charge on any atom is -0.497 e. The Bertz CT molecular complexity index is 1840. The van der Waals surface area contributed by atoms with Gasteiger partial charge in [-0.05, 0) is 75.5 Å². The first-order valence-corrected chi connectivity index (χ1v) is 17.3. The van der Waals surface area contributed by atoms with Crippen molar-refractivity contribution in [2.45, 2.75) is 68.3 Å². The van der Waals surface area contributed by atoms with E-state index in [9.17, 15) is 21.6 Å². The molecule has 2 heterocycles. The zero-order valence-corrected chi connectivity index (χ0v) is 28.8. The van der Waals surface area contributed by atoms with Crippen LogP contribution in [-0.4, -0.2) is 68.7 Å². The van der Waals surface area contributed by atoms with Crippen molar-refractivity contribution in [3.63, 3.8) is 0 Å². The van der Waals surface area contributed by atoms with Gasteiger partial charge in [0.25, 0.3) is 10.0 Å². The van der Waals surface area contributed by atoms with E-state index in [0.717, 1.165) is 6.07 Å². The standard InChI is InChI=1S/C35H40F3N5O5S/c1-6-28-32(49(44,45)43(33-16-17-39-22-40-33)21-25-10-12-27(46-4)20-31(25)47-5)14-15-34(41-28)48-30-13-11-24(19-29(30)42(2)3)23-8-7-9-26(18-23)35(36,37)38/h7-10,12,14-18,20,22,24,29-30H,6,11,13,19,21H2,1-5H3/t24-,29-,30-/m0/s1. The van der Waals surface area contributed by atoms with Crippen LogP contribution in [0.1, 0.15) is 54.5 Å². The highest BCUT2D eigenvalue weighted by Crippen LogP contribution is 2.39. The summed E-state index contributed by atoms with van der Waals surface area (Å²) in [6, 6.07) is 15.1. The highest BCUT2D eigenvalue weighted by atomic mass is 32.2. The molecule has 10 nitrogen and oxygen atoms in total. The van der Waals surface area contributed by atoms with E-state index < -0.39 is 21.8 Å². The molecule has 1 aliphatic carbocycles. The molecule has 0 saturated heterocycles. The molecule has 2 aromatic heterocycles. The third-order valence-corrected chi connectivity index (χ3v) is 10.6. The van der Waals surface area contributed by atoms with Crippen LogP contribution >= 0.6 is 0 Å². The smallest absolute Gasteiger partial charge is 0.416 e. The largest absolute Gasteiger partial charge is 0.497 e. The van der Waals surface area contributed by atoms with Crippen molar-refractivity contribution in [2.24, 2.45) is 0 Å². The molecule has 0 spiro atoms. The molecule has 0 bridgehead atoms. The van der Waals surface area contributed by atoms with Crippen LogP contribution in [0.2, 0.25) is 0 Å². The number of halogens is 3. The number of aromatic nitrogens is 3. The molecule has 3 atom stereocenters. The zero-order chi connectivity index (χ0) is 35.3. The first-order chi connectivity index (χ1) is 23.3. The van der Waals surface area contributed by atoms with Crippen LogP contribution in [0.5, 0.6) is 17.4 Å². The molecule has 4 aromatic rings. The maximum Gasteiger partial charge on any atom is 0.416 e. The van der Waals surface area contributed by atoms with Crippen LogP contribution in [0.25, 0.3) is 0 Å². The lowest BCUT2D eigenvalue weighted by Crippen LogP contribution is -2.46. The van der Waals surface area contributed by atoms with Gasteiger partial charge in [-0.2, -0.15) is 13.2 Å². The van der Waals surface area contributed by atoms with Crippen molar-refractivity contribution in [2.75, 3.05) is 32.6 Å². The Kier molecular flexibility index (Phi) is 11.0. The van der Waals surface area contributed by atoms with Gasteiger partial charge in [-0.25, -0.2) is 27.7 Å². The number of pyridine rings is 1. The first kappa shape index (κ1) is 35.9. The molecule has 0 N–H and O–H groups in total. The molecule has 1 aliphatic rings. The van der Waals surface area contributed by atoms with Crippen LogP contribution in [0, 0.1) is 0 Å². The van der Waals surface area contributed by atoms with Gasteiger partial charge in [-0.1, -0.05) is 25.1 Å².